The van der Waals surface area contributed by atoms with Gasteiger partial charge in [-0.25, -0.2) is 0 Å². The Morgan fingerprint density at radius 3 is 2.62 bits per heavy atom. The van der Waals surface area contributed by atoms with Gasteiger partial charge in [0.2, 0.25) is 0 Å². The van der Waals surface area contributed by atoms with Crippen molar-refractivity contribution in [3.63, 3.8) is 0 Å². The molecule has 0 atom stereocenters. The number of hydrogen-bond acceptors (Lipinski definition) is 4. The van der Waals surface area contributed by atoms with Crippen molar-refractivity contribution in [1.29, 1.82) is 0 Å². The van der Waals surface area contributed by atoms with Crippen molar-refractivity contribution in [3.8, 4) is 0 Å². The third-order valence-corrected chi connectivity index (χ3v) is 6.49. The maximum absolute atomic E-state index is 13.1. The van der Waals surface area contributed by atoms with E-state index in [0.29, 0.717) is 42.0 Å². The van der Waals surface area contributed by atoms with Crippen LogP contribution >= 0.6 is 22.9 Å². The fraction of sp³-hybridized carbons (Fsp3) is 0.350. The Morgan fingerprint density at radius 1 is 1.19 bits per heavy atom. The van der Waals surface area contributed by atoms with Crippen molar-refractivity contribution < 1.29 is 4.65 Å². The molecule has 0 fully saturated rings. The number of fused-ring (bicyclic) bond motifs is 2. The molecule has 0 saturated heterocycles. The van der Waals surface area contributed by atoms with Crippen molar-refractivity contribution in [2.75, 3.05) is 31.5 Å². The molecule has 0 spiro atoms. The van der Waals surface area contributed by atoms with Crippen LogP contribution in [0, 0.1) is 12.1 Å². The molecule has 1 N–H and O–H groups in total. The number of nitrogens with one attached hydrogen (secondary N) is 1. The summed E-state index contributed by atoms with van der Waals surface area (Å²) in [6, 6.07) is 9.32. The van der Waals surface area contributed by atoms with Gasteiger partial charge in [0.05, 0.1) is 31.6 Å². The highest BCUT2D eigenvalue weighted by Crippen LogP contribution is 2.32. The second-order valence-corrected chi connectivity index (χ2v) is 8.04. The number of quaternary nitrogens is 1. The van der Waals surface area contributed by atoms with Crippen LogP contribution < -0.4 is 10.7 Å². The van der Waals surface area contributed by atoms with Gasteiger partial charge in [0.1, 0.15) is 0 Å². The average Bonchev–Trinajstić information content (AvgIpc) is 2.63. The standard InChI is InChI=1S/C20H23ClN2O2S/c1-4-23(25,5-2)11-10-22-16-9-6-13(3)20-18(16)19(24)15-8-7-14(21)12-17(15)26-20/h6-9,12,22H,4-5,10-11H2,1-3H3. The second-order valence-electron chi connectivity index (χ2n) is 6.55. The predicted molar refractivity (Wildman–Crippen MR) is 113 cm³/mol. The highest BCUT2D eigenvalue weighted by molar-refractivity contribution is 7.24. The molecule has 1 aromatic heterocycles. The van der Waals surface area contributed by atoms with E-state index >= 15 is 0 Å². The third-order valence-electron chi connectivity index (χ3n) is 4.97. The molecule has 0 aliphatic rings. The zero-order valence-electron chi connectivity index (χ0n) is 15.3. The molecule has 0 aliphatic carbocycles. The SMILES string of the molecule is CC[N+]([O-])(CC)CCNc1ccc(C)c2sc3cc(Cl)ccc3c(=O)c12. The molecule has 0 bridgehead atoms. The van der Waals surface area contributed by atoms with Crippen LogP contribution in [0.1, 0.15) is 19.4 Å². The molecular weight excluding hydrogens is 368 g/mol. The zero-order valence-corrected chi connectivity index (χ0v) is 16.8. The van der Waals surface area contributed by atoms with Gasteiger partial charge in [0.15, 0.2) is 5.43 Å². The van der Waals surface area contributed by atoms with E-state index in [2.05, 4.69) is 5.32 Å². The molecule has 3 rings (SSSR count). The molecule has 2 aromatic carbocycles. The van der Waals surface area contributed by atoms with Crippen LogP contribution in [-0.4, -0.2) is 30.8 Å². The number of halogens is 1. The van der Waals surface area contributed by atoms with Gasteiger partial charge in [-0.15, -0.1) is 11.3 Å². The summed E-state index contributed by atoms with van der Waals surface area (Å²) in [5.41, 5.74) is 1.86. The van der Waals surface area contributed by atoms with E-state index in [0.717, 1.165) is 20.7 Å². The van der Waals surface area contributed by atoms with E-state index in [9.17, 15) is 10.0 Å². The number of nitrogens with zero attached hydrogens (tertiary/aromatic N) is 1. The Bertz CT molecular complexity index is 1010. The first kappa shape index (κ1) is 19.1. The van der Waals surface area contributed by atoms with Gasteiger partial charge in [0, 0.05) is 25.5 Å². The quantitative estimate of drug-likeness (QED) is 0.360. The predicted octanol–water partition coefficient (Wildman–Crippen LogP) is 5.14. The van der Waals surface area contributed by atoms with Crippen molar-refractivity contribution in [3.05, 3.63) is 56.3 Å². The first-order valence-corrected chi connectivity index (χ1v) is 10.0. The molecule has 0 aliphatic heterocycles. The normalized spacial score (nSPS) is 12.0. The summed E-state index contributed by atoms with van der Waals surface area (Å²) in [7, 11) is 0. The maximum Gasteiger partial charge on any atom is 0.197 e. The molecule has 1 heterocycles. The van der Waals surface area contributed by atoms with Crippen LogP contribution in [0.2, 0.25) is 5.02 Å². The van der Waals surface area contributed by atoms with E-state index < -0.39 is 0 Å². The summed E-state index contributed by atoms with van der Waals surface area (Å²) in [4.78, 5) is 13.1. The Hall–Kier alpha value is -1.66. The lowest BCUT2D eigenvalue weighted by Crippen LogP contribution is -2.44. The summed E-state index contributed by atoms with van der Waals surface area (Å²) < 4.78 is 1.62. The fourth-order valence-corrected chi connectivity index (χ4v) is 4.59. The Kier molecular flexibility index (Phi) is 5.53. The zero-order chi connectivity index (χ0) is 18.9. The smallest absolute Gasteiger partial charge is 0.197 e. The number of anilines is 1. The van der Waals surface area contributed by atoms with Crippen molar-refractivity contribution >= 4 is 48.8 Å². The minimum Gasteiger partial charge on any atom is -0.633 e. The first-order valence-electron chi connectivity index (χ1n) is 8.85. The largest absolute Gasteiger partial charge is 0.633 e. The van der Waals surface area contributed by atoms with Gasteiger partial charge in [-0.3, -0.25) is 4.79 Å². The molecular formula is C20H23ClN2O2S. The number of likely N-dealkylation sites (N-methyl/N-ethyl adjacent to an activating group) is 1. The van der Waals surface area contributed by atoms with Crippen LogP contribution in [0.5, 0.6) is 0 Å². The van der Waals surface area contributed by atoms with Gasteiger partial charge >= 0.3 is 0 Å². The van der Waals surface area contributed by atoms with Crippen LogP contribution in [0.15, 0.2) is 35.1 Å². The molecule has 6 heteroatoms. The minimum absolute atomic E-state index is 0.00507. The monoisotopic (exact) mass is 390 g/mol. The lowest BCUT2D eigenvalue weighted by molar-refractivity contribution is -0.875. The summed E-state index contributed by atoms with van der Waals surface area (Å²) >= 11 is 7.67. The molecule has 0 saturated carbocycles. The topological polar surface area (TPSA) is 52.2 Å². The molecule has 26 heavy (non-hydrogen) atoms. The lowest BCUT2D eigenvalue weighted by atomic mass is 10.1. The van der Waals surface area contributed by atoms with Crippen LogP contribution in [0.4, 0.5) is 5.69 Å². The molecule has 0 amide bonds. The molecule has 0 radical (unpaired) electrons. The van der Waals surface area contributed by atoms with Crippen LogP contribution in [0.25, 0.3) is 20.2 Å². The highest BCUT2D eigenvalue weighted by atomic mass is 35.5. The van der Waals surface area contributed by atoms with Gasteiger partial charge in [-0.05, 0) is 50.6 Å². The average molecular weight is 391 g/mol. The van der Waals surface area contributed by atoms with E-state index in [1.807, 2.05) is 39.0 Å². The fourth-order valence-electron chi connectivity index (χ4n) is 3.14. The van der Waals surface area contributed by atoms with Gasteiger partial charge < -0.3 is 15.2 Å². The summed E-state index contributed by atoms with van der Waals surface area (Å²) in [6.07, 6.45) is 0. The van der Waals surface area contributed by atoms with Crippen molar-refractivity contribution in [2.24, 2.45) is 0 Å². The maximum atomic E-state index is 13.1. The van der Waals surface area contributed by atoms with Gasteiger partial charge in [-0.2, -0.15) is 0 Å². The number of aryl methyl sites for hydroxylation is 1. The Balaban J connectivity index is 2.05. The van der Waals surface area contributed by atoms with Crippen LogP contribution in [0.3, 0.4) is 0 Å². The molecule has 4 nitrogen and oxygen atoms in total. The highest BCUT2D eigenvalue weighted by Gasteiger charge is 2.14. The number of hydroxylamine groups is 3. The summed E-state index contributed by atoms with van der Waals surface area (Å²) in [6.45, 7) is 7.93. The minimum atomic E-state index is -0.231. The summed E-state index contributed by atoms with van der Waals surface area (Å²) in [5.74, 6) is 0. The first-order chi connectivity index (χ1) is 12.4. The lowest BCUT2D eigenvalue weighted by Gasteiger charge is -2.41. The molecule has 138 valence electrons. The van der Waals surface area contributed by atoms with Crippen LogP contribution in [-0.2, 0) is 0 Å². The van der Waals surface area contributed by atoms with Crippen molar-refractivity contribution in [2.45, 2.75) is 20.8 Å². The van der Waals surface area contributed by atoms with Crippen molar-refractivity contribution in [1.82, 2.24) is 0 Å². The van der Waals surface area contributed by atoms with Gasteiger partial charge in [-0.1, -0.05) is 17.7 Å². The molecule has 0 unspecified atom stereocenters. The number of hydrogen-bond donors (Lipinski definition) is 1. The van der Waals surface area contributed by atoms with E-state index in [-0.39, 0.29) is 10.1 Å². The Labute approximate surface area is 162 Å². The van der Waals surface area contributed by atoms with E-state index in [4.69, 9.17) is 11.6 Å². The van der Waals surface area contributed by atoms with E-state index in [1.165, 1.54) is 0 Å². The second kappa shape index (κ2) is 7.53. The number of rotatable bonds is 6. The van der Waals surface area contributed by atoms with E-state index in [1.54, 1.807) is 23.5 Å². The Morgan fingerprint density at radius 2 is 1.92 bits per heavy atom. The molecule has 3 aromatic rings. The van der Waals surface area contributed by atoms with Gasteiger partial charge in [0.25, 0.3) is 0 Å². The summed E-state index contributed by atoms with van der Waals surface area (Å²) in [5, 5.41) is 17.8. The third kappa shape index (κ3) is 3.58. The number of benzene rings is 2.